The zero-order valence-electron chi connectivity index (χ0n) is 11.2. The van der Waals surface area contributed by atoms with Crippen LogP contribution < -0.4 is 10.5 Å². The summed E-state index contributed by atoms with van der Waals surface area (Å²) >= 11 is 0. The summed E-state index contributed by atoms with van der Waals surface area (Å²) in [5.41, 5.74) is 8.92. The van der Waals surface area contributed by atoms with Crippen molar-refractivity contribution in [2.45, 2.75) is 33.2 Å². The molecule has 1 heterocycles. The number of hydrogen-bond donors (Lipinski definition) is 1. The molecule has 1 aromatic carbocycles. The van der Waals surface area contributed by atoms with Gasteiger partial charge in [-0.1, -0.05) is 12.1 Å². The number of rotatable bonds is 1. The minimum absolute atomic E-state index is 0.0808. The summed E-state index contributed by atoms with van der Waals surface area (Å²) in [5, 5.41) is 0. The molecule has 0 aromatic heterocycles. The second kappa shape index (κ2) is 4.98. The van der Waals surface area contributed by atoms with Crippen molar-refractivity contribution in [3.8, 4) is 5.75 Å². The molecule has 0 saturated carbocycles. The Morgan fingerprint density at radius 3 is 2.61 bits per heavy atom. The van der Waals surface area contributed by atoms with Crippen LogP contribution in [0, 0.1) is 20.8 Å². The molecule has 1 aliphatic heterocycles. The Bertz CT molecular complexity index is 471. The van der Waals surface area contributed by atoms with Crippen molar-refractivity contribution in [2.75, 3.05) is 13.1 Å². The van der Waals surface area contributed by atoms with Gasteiger partial charge in [-0.15, -0.1) is 0 Å². The van der Waals surface area contributed by atoms with Gasteiger partial charge in [0, 0.05) is 19.1 Å². The molecule has 0 bridgehead atoms. The molecule has 1 unspecified atom stereocenters. The Labute approximate surface area is 108 Å². The van der Waals surface area contributed by atoms with Gasteiger partial charge in [0.2, 0.25) is 0 Å². The van der Waals surface area contributed by atoms with Gasteiger partial charge in [-0.2, -0.15) is 0 Å². The first-order valence-electron chi connectivity index (χ1n) is 6.28. The first-order chi connectivity index (χ1) is 8.49. The Kier molecular flexibility index (Phi) is 3.57. The molecule has 0 spiro atoms. The largest absolute Gasteiger partial charge is 0.415 e. The molecule has 98 valence electrons. The average Bonchev–Trinajstić information content (AvgIpc) is 2.76. The van der Waals surface area contributed by atoms with Crippen molar-refractivity contribution in [1.82, 2.24) is 4.90 Å². The minimum Gasteiger partial charge on any atom is -0.410 e. The number of amides is 1. The maximum absolute atomic E-state index is 12.0. The third kappa shape index (κ3) is 2.48. The lowest BCUT2D eigenvalue weighted by molar-refractivity contribution is 0.161. The van der Waals surface area contributed by atoms with Gasteiger partial charge in [0.1, 0.15) is 5.75 Å². The number of hydrogen-bond acceptors (Lipinski definition) is 3. The second-order valence-corrected chi connectivity index (χ2v) is 5.02. The van der Waals surface area contributed by atoms with Crippen LogP contribution >= 0.6 is 0 Å². The van der Waals surface area contributed by atoms with E-state index in [-0.39, 0.29) is 12.1 Å². The summed E-state index contributed by atoms with van der Waals surface area (Å²) < 4.78 is 5.52. The monoisotopic (exact) mass is 248 g/mol. The lowest BCUT2D eigenvalue weighted by atomic mass is 10.1. The smallest absolute Gasteiger partial charge is 0.410 e. The van der Waals surface area contributed by atoms with E-state index in [0.29, 0.717) is 18.8 Å². The molecule has 18 heavy (non-hydrogen) atoms. The summed E-state index contributed by atoms with van der Waals surface area (Å²) in [7, 11) is 0. The fourth-order valence-corrected chi connectivity index (χ4v) is 2.19. The SMILES string of the molecule is Cc1ccc(C)c(OC(=O)N2CCC(N)C2)c1C. The molecular formula is C14H20N2O2. The standard InChI is InChI=1S/C14H20N2O2/c1-9-4-5-10(2)13(11(9)3)18-14(17)16-7-6-12(15)8-16/h4-5,12H,6-8,15H2,1-3H3. The predicted octanol–water partition coefficient (Wildman–Crippen LogP) is 2.14. The van der Waals surface area contributed by atoms with E-state index >= 15 is 0 Å². The van der Waals surface area contributed by atoms with Gasteiger partial charge in [0.05, 0.1) is 0 Å². The van der Waals surface area contributed by atoms with E-state index in [9.17, 15) is 4.79 Å². The van der Waals surface area contributed by atoms with E-state index in [4.69, 9.17) is 10.5 Å². The summed E-state index contributed by atoms with van der Waals surface area (Å²) in [5.74, 6) is 0.681. The molecular weight excluding hydrogens is 228 g/mol. The van der Waals surface area contributed by atoms with Gasteiger partial charge in [-0.05, 0) is 43.9 Å². The summed E-state index contributed by atoms with van der Waals surface area (Å²) in [4.78, 5) is 13.7. The van der Waals surface area contributed by atoms with Crippen LogP contribution in [0.3, 0.4) is 0 Å². The third-order valence-electron chi connectivity index (χ3n) is 3.55. The number of benzene rings is 1. The van der Waals surface area contributed by atoms with Gasteiger partial charge in [-0.3, -0.25) is 0 Å². The van der Waals surface area contributed by atoms with E-state index in [1.165, 1.54) is 0 Å². The molecule has 0 aliphatic carbocycles. The Hall–Kier alpha value is -1.55. The van der Waals surface area contributed by atoms with Crippen LogP contribution in [0.4, 0.5) is 4.79 Å². The molecule has 4 heteroatoms. The highest BCUT2D eigenvalue weighted by Gasteiger charge is 2.25. The first-order valence-corrected chi connectivity index (χ1v) is 6.28. The highest BCUT2D eigenvalue weighted by molar-refractivity contribution is 5.72. The van der Waals surface area contributed by atoms with Crippen molar-refractivity contribution in [3.63, 3.8) is 0 Å². The normalized spacial score (nSPS) is 19.1. The number of aryl methyl sites for hydroxylation is 2. The molecule has 2 N–H and O–H groups in total. The molecule has 1 amide bonds. The highest BCUT2D eigenvalue weighted by Crippen LogP contribution is 2.26. The molecule has 0 radical (unpaired) electrons. The van der Waals surface area contributed by atoms with E-state index < -0.39 is 0 Å². The predicted molar refractivity (Wildman–Crippen MR) is 70.8 cm³/mol. The molecule has 1 fully saturated rings. The van der Waals surface area contributed by atoms with Crippen LogP contribution in [0.1, 0.15) is 23.1 Å². The first kappa shape index (κ1) is 12.9. The zero-order chi connectivity index (χ0) is 13.3. The summed E-state index contributed by atoms with van der Waals surface area (Å²) in [6.07, 6.45) is 0.556. The van der Waals surface area contributed by atoms with Crippen molar-refractivity contribution < 1.29 is 9.53 Å². The van der Waals surface area contributed by atoms with Gasteiger partial charge in [0.25, 0.3) is 0 Å². The maximum Gasteiger partial charge on any atom is 0.415 e. The second-order valence-electron chi connectivity index (χ2n) is 5.02. The van der Waals surface area contributed by atoms with Crippen molar-refractivity contribution in [3.05, 3.63) is 28.8 Å². The Morgan fingerprint density at radius 1 is 1.33 bits per heavy atom. The van der Waals surface area contributed by atoms with Crippen molar-refractivity contribution >= 4 is 6.09 Å². The molecule has 4 nitrogen and oxygen atoms in total. The van der Waals surface area contributed by atoms with Crippen LogP contribution in [0.25, 0.3) is 0 Å². The average molecular weight is 248 g/mol. The van der Waals surface area contributed by atoms with Gasteiger partial charge < -0.3 is 15.4 Å². The number of ether oxygens (including phenoxy) is 1. The molecule has 1 atom stereocenters. The summed E-state index contributed by atoms with van der Waals surface area (Å²) in [6.45, 7) is 7.20. The third-order valence-corrected chi connectivity index (χ3v) is 3.55. The zero-order valence-corrected chi connectivity index (χ0v) is 11.2. The number of carbonyl (C=O) groups excluding carboxylic acids is 1. The topological polar surface area (TPSA) is 55.6 Å². The number of nitrogens with two attached hydrogens (primary N) is 1. The Balaban J connectivity index is 2.14. The van der Waals surface area contributed by atoms with E-state index in [1.54, 1.807) is 4.90 Å². The number of nitrogens with zero attached hydrogens (tertiary/aromatic N) is 1. The number of carbonyl (C=O) groups is 1. The van der Waals surface area contributed by atoms with Crippen LogP contribution in [0.15, 0.2) is 12.1 Å². The lowest BCUT2D eigenvalue weighted by Crippen LogP contribution is -2.34. The van der Waals surface area contributed by atoms with Crippen LogP contribution in [-0.4, -0.2) is 30.1 Å². The fourth-order valence-electron chi connectivity index (χ4n) is 2.19. The molecule has 2 rings (SSSR count). The lowest BCUT2D eigenvalue weighted by Gasteiger charge is -2.18. The Morgan fingerprint density at radius 2 is 2.00 bits per heavy atom. The fraction of sp³-hybridized carbons (Fsp3) is 0.500. The van der Waals surface area contributed by atoms with E-state index in [1.807, 2.05) is 32.9 Å². The van der Waals surface area contributed by atoms with Gasteiger partial charge >= 0.3 is 6.09 Å². The van der Waals surface area contributed by atoms with Gasteiger partial charge in [0.15, 0.2) is 0 Å². The molecule has 1 saturated heterocycles. The maximum atomic E-state index is 12.0. The van der Waals surface area contributed by atoms with E-state index in [0.717, 1.165) is 23.1 Å². The van der Waals surface area contributed by atoms with Crippen LogP contribution in [0.5, 0.6) is 5.75 Å². The number of likely N-dealkylation sites (tertiary alicyclic amines) is 1. The minimum atomic E-state index is -0.292. The molecule has 1 aliphatic rings. The van der Waals surface area contributed by atoms with Crippen LogP contribution in [0.2, 0.25) is 0 Å². The highest BCUT2D eigenvalue weighted by atomic mass is 16.6. The quantitative estimate of drug-likeness (QED) is 0.828. The van der Waals surface area contributed by atoms with E-state index in [2.05, 4.69) is 0 Å². The molecule has 1 aromatic rings. The van der Waals surface area contributed by atoms with Crippen LogP contribution in [-0.2, 0) is 0 Å². The van der Waals surface area contributed by atoms with Crippen molar-refractivity contribution in [2.24, 2.45) is 5.73 Å². The van der Waals surface area contributed by atoms with Gasteiger partial charge in [-0.25, -0.2) is 4.79 Å². The summed E-state index contributed by atoms with van der Waals surface area (Å²) in [6, 6.07) is 4.09. The van der Waals surface area contributed by atoms with Crippen molar-refractivity contribution in [1.29, 1.82) is 0 Å².